The predicted octanol–water partition coefficient (Wildman–Crippen LogP) is 5.25. The van der Waals surface area contributed by atoms with Crippen LogP contribution in [0.15, 0.2) is 18.2 Å². The number of rotatable bonds is 6. The number of carboxylic acids is 1. The third kappa shape index (κ3) is 2.88. The van der Waals surface area contributed by atoms with Gasteiger partial charge in [0.1, 0.15) is 6.54 Å². The highest BCUT2D eigenvalue weighted by Gasteiger charge is 2.43. The SMILES string of the molecule is CC1=[N+](CCCCCC(=O)O)c2c(ccc3sc(C)cc23)C1(C)C. The van der Waals surface area contributed by atoms with Crippen molar-refractivity contribution in [3.05, 3.63) is 28.6 Å². The van der Waals surface area contributed by atoms with E-state index in [-0.39, 0.29) is 11.8 Å². The first-order valence-corrected chi connectivity index (χ1v) is 9.51. The molecule has 0 saturated heterocycles. The fraction of sp³-hybridized carbons (Fsp3) is 0.500. The Hall–Kier alpha value is -1.68. The van der Waals surface area contributed by atoms with Gasteiger partial charge in [0.2, 0.25) is 5.69 Å². The lowest BCUT2D eigenvalue weighted by molar-refractivity contribution is -0.438. The van der Waals surface area contributed by atoms with E-state index < -0.39 is 5.97 Å². The average Bonchev–Trinajstić information content (AvgIpc) is 2.97. The van der Waals surface area contributed by atoms with Crippen molar-refractivity contribution < 1.29 is 14.5 Å². The van der Waals surface area contributed by atoms with Crippen LogP contribution in [0.1, 0.15) is 56.9 Å². The maximum absolute atomic E-state index is 10.7. The van der Waals surface area contributed by atoms with E-state index in [1.807, 2.05) is 11.3 Å². The van der Waals surface area contributed by atoms with Gasteiger partial charge in [-0.25, -0.2) is 0 Å². The summed E-state index contributed by atoms with van der Waals surface area (Å²) >= 11 is 1.86. The minimum atomic E-state index is -0.694. The maximum Gasteiger partial charge on any atom is 0.303 e. The number of carboxylic acid groups (broad SMARTS) is 1. The highest BCUT2D eigenvalue weighted by atomic mass is 32.1. The highest BCUT2D eigenvalue weighted by molar-refractivity contribution is 7.19. The molecule has 0 saturated carbocycles. The van der Waals surface area contributed by atoms with Gasteiger partial charge in [-0.05, 0) is 51.8 Å². The van der Waals surface area contributed by atoms with Crippen molar-refractivity contribution in [2.45, 2.75) is 58.8 Å². The Bertz CT molecular complexity index is 830. The van der Waals surface area contributed by atoms with Gasteiger partial charge >= 0.3 is 5.97 Å². The van der Waals surface area contributed by atoms with Crippen LogP contribution in [0.25, 0.3) is 10.1 Å². The van der Waals surface area contributed by atoms with E-state index in [1.165, 1.54) is 31.9 Å². The smallest absolute Gasteiger partial charge is 0.303 e. The zero-order valence-electron chi connectivity index (χ0n) is 15.0. The van der Waals surface area contributed by atoms with Crippen molar-refractivity contribution >= 4 is 38.8 Å². The first-order valence-electron chi connectivity index (χ1n) is 8.69. The Balaban J connectivity index is 1.91. The summed E-state index contributed by atoms with van der Waals surface area (Å²) in [5, 5.41) is 10.1. The number of aryl methyl sites for hydroxylation is 1. The minimum Gasteiger partial charge on any atom is -0.481 e. The van der Waals surface area contributed by atoms with Crippen molar-refractivity contribution in [1.82, 2.24) is 0 Å². The van der Waals surface area contributed by atoms with Gasteiger partial charge in [-0.3, -0.25) is 4.79 Å². The summed E-state index contributed by atoms with van der Waals surface area (Å²) in [6.45, 7) is 9.98. The molecule has 0 amide bonds. The van der Waals surface area contributed by atoms with E-state index >= 15 is 0 Å². The van der Waals surface area contributed by atoms with Crippen LogP contribution in [0.4, 0.5) is 5.69 Å². The molecule has 4 heteroatoms. The zero-order valence-corrected chi connectivity index (χ0v) is 15.8. The van der Waals surface area contributed by atoms with Crippen molar-refractivity contribution in [3.8, 4) is 0 Å². The van der Waals surface area contributed by atoms with E-state index in [2.05, 4.69) is 50.5 Å². The molecule has 2 aromatic rings. The molecule has 1 aliphatic heterocycles. The van der Waals surface area contributed by atoms with Crippen molar-refractivity contribution in [2.75, 3.05) is 6.54 Å². The quantitative estimate of drug-likeness (QED) is 0.574. The van der Waals surface area contributed by atoms with Crippen LogP contribution in [-0.4, -0.2) is 27.9 Å². The molecule has 24 heavy (non-hydrogen) atoms. The summed E-state index contributed by atoms with van der Waals surface area (Å²) in [7, 11) is 0. The number of thiophene rings is 1. The molecule has 0 fully saturated rings. The Labute approximate surface area is 147 Å². The lowest BCUT2D eigenvalue weighted by Gasteiger charge is -2.14. The topological polar surface area (TPSA) is 40.3 Å². The third-order valence-corrected chi connectivity index (χ3v) is 6.34. The normalized spacial score (nSPS) is 16.0. The molecule has 1 aliphatic rings. The largest absolute Gasteiger partial charge is 0.481 e. The van der Waals surface area contributed by atoms with Crippen molar-refractivity contribution in [1.29, 1.82) is 0 Å². The van der Waals surface area contributed by atoms with E-state index in [0.29, 0.717) is 0 Å². The molecule has 0 bridgehead atoms. The summed E-state index contributed by atoms with van der Waals surface area (Å²) in [5.41, 5.74) is 4.24. The van der Waals surface area contributed by atoms with Crippen LogP contribution in [0, 0.1) is 6.92 Å². The van der Waals surface area contributed by atoms with Crippen LogP contribution in [0.3, 0.4) is 0 Å². The molecule has 0 spiro atoms. The number of hydrogen-bond donors (Lipinski definition) is 1. The molecule has 3 rings (SSSR count). The Morgan fingerprint density at radius 3 is 2.67 bits per heavy atom. The molecule has 0 unspecified atom stereocenters. The second-order valence-electron chi connectivity index (χ2n) is 7.30. The van der Waals surface area contributed by atoms with Gasteiger partial charge in [0, 0.05) is 34.9 Å². The van der Waals surface area contributed by atoms with E-state index in [9.17, 15) is 4.79 Å². The maximum atomic E-state index is 10.7. The Kier molecular flexibility index (Phi) is 4.52. The number of benzene rings is 1. The van der Waals surface area contributed by atoms with Crippen molar-refractivity contribution in [2.24, 2.45) is 0 Å². The predicted molar refractivity (Wildman–Crippen MR) is 101 cm³/mol. The lowest BCUT2D eigenvalue weighted by Crippen LogP contribution is -2.26. The van der Waals surface area contributed by atoms with Crippen molar-refractivity contribution in [3.63, 3.8) is 0 Å². The van der Waals surface area contributed by atoms with Gasteiger partial charge in [0.25, 0.3) is 0 Å². The van der Waals surface area contributed by atoms with Crippen LogP contribution in [0.5, 0.6) is 0 Å². The fourth-order valence-corrected chi connectivity index (χ4v) is 4.65. The van der Waals surface area contributed by atoms with Crippen LogP contribution in [0.2, 0.25) is 0 Å². The first kappa shape index (κ1) is 17.2. The number of nitrogens with zero attached hydrogens (tertiary/aromatic N) is 1. The number of fused-ring (bicyclic) bond motifs is 3. The molecule has 3 nitrogen and oxygen atoms in total. The standard InChI is InChI=1S/C20H25NO2S/c1-13-12-15-17(24-13)10-9-16-19(15)21(14(2)20(16,3)4)11-7-5-6-8-18(22)23/h9-10,12H,5-8,11H2,1-4H3/p+1. The van der Waals surface area contributed by atoms with Gasteiger partial charge in [0.15, 0.2) is 5.71 Å². The fourth-order valence-electron chi connectivity index (χ4n) is 3.72. The molecule has 1 aromatic heterocycles. The minimum absolute atomic E-state index is 0.0560. The molecule has 0 atom stereocenters. The van der Waals surface area contributed by atoms with Crippen LogP contribution < -0.4 is 0 Å². The molecule has 1 N–H and O–H groups in total. The number of carbonyl (C=O) groups is 1. The van der Waals surface area contributed by atoms with E-state index in [4.69, 9.17) is 5.11 Å². The van der Waals surface area contributed by atoms with Crippen LogP contribution >= 0.6 is 11.3 Å². The molecule has 1 aromatic carbocycles. The number of aliphatic carboxylic acids is 1. The number of unbranched alkanes of at least 4 members (excludes halogenated alkanes) is 2. The van der Waals surface area contributed by atoms with E-state index in [0.717, 1.165) is 25.8 Å². The molecule has 128 valence electrons. The van der Waals surface area contributed by atoms with Gasteiger partial charge in [-0.1, -0.05) is 0 Å². The molecule has 0 radical (unpaired) electrons. The highest BCUT2D eigenvalue weighted by Crippen LogP contribution is 2.45. The van der Waals surface area contributed by atoms with Gasteiger partial charge in [0.05, 0.1) is 10.8 Å². The summed E-state index contributed by atoms with van der Waals surface area (Å²) in [6.07, 6.45) is 3.03. The second kappa shape index (κ2) is 6.32. The Morgan fingerprint density at radius 2 is 1.96 bits per heavy atom. The van der Waals surface area contributed by atoms with Gasteiger partial charge in [-0.15, -0.1) is 11.3 Å². The third-order valence-electron chi connectivity index (χ3n) is 5.32. The van der Waals surface area contributed by atoms with Crippen LogP contribution in [-0.2, 0) is 10.2 Å². The summed E-state index contributed by atoms with van der Waals surface area (Å²) < 4.78 is 3.83. The molecular weight excluding hydrogens is 318 g/mol. The first-order chi connectivity index (χ1) is 11.3. The van der Waals surface area contributed by atoms with E-state index in [1.54, 1.807) is 0 Å². The van der Waals surface area contributed by atoms with Gasteiger partial charge < -0.3 is 5.11 Å². The summed E-state index contributed by atoms with van der Waals surface area (Å²) in [5.74, 6) is -0.694. The summed E-state index contributed by atoms with van der Waals surface area (Å²) in [6, 6.07) is 6.86. The molecule has 0 aliphatic carbocycles. The monoisotopic (exact) mass is 344 g/mol. The summed E-state index contributed by atoms with van der Waals surface area (Å²) in [4.78, 5) is 12.0. The second-order valence-corrected chi connectivity index (χ2v) is 8.58. The molecular formula is C20H26NO2S+. The van der Waals surface area contributed by atoms with Gasteiger partial charge in [-0.2, -0.15) is 4.58 Å². The Morgan fingerprint density at radius 1 is 1.21 bits per heavy atom. The number of hydrogen-bond acceptors (Lipinski definition) is 2. The lowest BCUT2D eigenvalue weighted by atomic mass is 9.82. The molecule has 2 heterocycles. The zero-order chi connectivity index (χ0) is 17.5. The average molecular weight is 345 g/mol.